The maximum Gasteiger partial charge on any atom is 0.326 e. The summed E-state index contributed by atoms with van der Waals surface area (Å²) >= 11 is 4.27. The normalized spacial score (nSPS) is 12.1. The molecule has 0 unspecified atom stereocenters. The summed E-state index contributed by atoms with van der Waals surface area (Å²) in [6.07, 6.45) is 0. The summed E-state index contributed by atoms with van der Waals surface area (Å²) in [5, 5.41) is 1.59. The smallest absolute Gasteiger partial charge is 0.326 e. The van der Waals surface area contributed by atoms with E-state index in [0.717, 1.165) is 11.1 Å². The summed E-state index contributed by atoms with van der Waals surface area (Å²) in [6.45, 7) is 0.732. The first-order valence-electron chi connectivity index (χ1n) is 7.40. The van der Waals surface area contributed by atoms with Crippen molar-refractivity contribution in [3.63, 3.8) is 0 Å². The molecule has 0 radical (unpaired) electrons. The molecule has 0 heterocycles. The van der Waals surface area contributed by atoms with Crippen LogP contribution >= 0.6 is 12.6 Å². The van der Waals surface area contributed by atoms with E-state index in [1.807, 2.05) is 60.7 Å². The molecule has 2 aromatic carbocycles. The number of ether oxygens (including phenoxy) is 1. The summed E-state index contributed by atoms with van der Waals surface area (Å²) in [4.78, 5) is 17.7. The van der Waals surface area contributed by atoms with Crippen LogP contribution in [0.2, 0.25) is 0 Å². The van der Waals surface area contributed by atoms with Gasteiger partial charge in [0.25, 0.3) is 0 Å². The van der Waals surface area contributed by atoms with Crippen LogP contribution in [0.25, 0.3) is 0 Å². The van der Waals surface area contributed by atoms with Crippen LogP contribution in [0.1, 0.15) is 11.1 Å². The third kappa shape index (κ3) is 5.39. The maximum atomic E-state index is 12.3. The second kappa shape index (κ2) is 9.35. The van der Waals surface area contributed by atoms with E-state index in [-0.39, 0.29) is 12.6 Å². The Bertz CT molecular complexity index is 592. The molecule has 0 spiro atoms. The van der Waals surface area contributed by atoms with Gasteiger partial charge in [0.2, 0.25) is 0 Å². The van der Waals surface area contributed by atoms with Crippen LogP contribution in [0.15, 0.2) is 60.7 Å². The number of hydrogen-bond donors (Lipinski definition) is 1. The van der Waals surface area contributed by atoms with E-state index >= 15 is 0 Å². The third-order valence-corrected chi connectivity index (χ3v) is 3.78. The highest BCUT2D eigenvalue weighted by Crippen LogP contribution is 2.12. The molecular formula is C18H21NO3S. The molecule has 0 amide bonds. The van der Waals surface area contributed by atoms with Crippen LogP contribution in [-0.2, 0) is 27.5 Å². The lowest BCUT2D eigenvalue weighted by molar-refractivity contribution is -0.189. The number of carbonyl (C=O) groups excluding carboxylic acids is 1. The van der Waals surface area contributed by atoms with Gasteiger partial charge in [-0.1, -0.05) is 60.7 Å². The fourth-order valence-corrected chi connectivity index (χ4v) is 2.50. The first-order valence-corrected chi connectivity index (χ1v) is 8.04. The van der Waals surface area contributed by atoms with E-state index in [2.05, 4.69) is 12.6 Å². The van der Waals surface area contributed by atoms with E-state index in [4.69, 9.17) is 9.57 Å². The molecular weight excluding hydrogens is 310 g/mol. The number of carbonyl (C=O) groups is 1. The Hall–Kier alpha value is -1.82. The van der Waals surface area contributed by atoms with Gasteiger partial charge < -0.3 is 9.57 Å². The van der Waals surface area contributed by atoms with Gasteiger partial charge in [-0.3, -0.25) is 4.79 Å². The zero-order valence-corrected chi connectivity index (χ0v) is 14.0. The Balaban J connectivity index is 1.96. The van der Waals surface area contributed by atoms with Crippen molar-refractivity contribution < 1.29 is 14.4 Å². The third-order valence-electron chi connectivity index (χ3n) is 3.43. The van der Waals surface area contributed by atoms with Crippen molar-refractivity contribution in [2.75, 3.05) is 12.9 Å². The highest BCUT2D eigenvalue weighted by atomic mass is 32.1. The maximum absolute atomic E-state index is 12.3. The minimum Gasteiger partial charge on any atom is -0.460 e. The van der Waals surface area contributed by atoms with Crippen LogP contribution in [0, 0.1) is 0 Å². The molecule has 1 atom stereocenters. The number of esters is 1. The molecule has 23 heavy (non-hydrogen) atoms. The van der Waals surface area contributed by atoms with Gasteiger partial charge in [0, 0.05) is 5.75 Å². The van der Waals surface area contributed by atoms with Crippen molar-refractivity contribution in [1.82, 2.24) is 5.06 Å². The molecule has 0 aliphatic rings. The zero-order chi connectivity index (χ0) is 16.5. The Kier molecular flexibility index (Phi) is 7.13. The largest absolute Gasteiger partial charge is 0.460 e. The minimum absolute atomic E-state index is 0.243. The Morgan fingerprint density at radius 1 is 1.04 bits per heavy atom. The first-order chi connectivity index (χ1) is 11.2. The van der Waals surface area contributed by atoms with Crippen molar-refractivity contribution in [2.24, 2.45) is 0 Å². The molecule has 0 N–H and O–H groups in total. The summed E-state index contributed by atoms with van der Waals surface area (Å²) in [6, 6.07) is 18.8. The van der Waals surface area contributed by atoms with Crippen molar-refractivity contribution in [3.05, 3.63) is 71.8 Å². The van der Waals surface area contributed by atoms with E-state index in [1.54, 1.807) is 12.2 Å². The molecule has 122 valence electrons. The first kappa shape index (κ1) is 17.5. The standard InChI is InChI=1S/C18H21NO3S/c1-21-19(12-15-8-4-2-5-9-15)17(14-23)18(20)22-13-16-10-6-3-7-11-16/h2-11,17,23H,12-14H2,1H3/t17-/m0/s1. The average Bonchev–Trinajstić information content (AvgIpc) is 2.61. The quantitative estimate of drug-likeness (QED) is 0.458. The molecule has 0 fully saturated rings. The highest BCUT2D eigenvalue weighted by molar-refractivity contribution is 7.80. The molecule has 0 aromatic heterocycles. The Morgan fingerprint density at radius 2 is 1.61 bits per heavy atom. The van der Waals surface area contributed by atoms with Crippen molar-refractivity contribution in [1.29, 1.82) is 0 Å². The summed E-state index contributed by atoms with van der Waals surface area (Å²) in [5.41, 5.74) is 2.00. The molecule has 2 rings (SSSR count). The molecule has 2 aromatic rings. The molecule has 5 heteroatoms. The van der Waals surface area contributed by atoms with Gasteiger partial charge >= 0.3 is 5.97 Å². The number of nitrogens with zero attached hydrogens (tertiary/aromatic N) is 1. The number of thiol groups is 1. The zero-order valence-electron chi connectivity index (χ0n) is 13.1. The molecule has 0 saturated carbocycles. The molecule has 0 aliphatic heterocycles. The summed E-state index contributed by atoms with van der Waals surface area (Å²) in [7, 11) is 1.55. The second-order valence-corrected chi connectivity index (χ2v) is 5.40. The number of hydroxylamine groups is 2. The molecule has 0 bridgehead atoms. The van der Waals surface area contributed by atoms with Gasteiger partial charge in [-0.25, -0.2) is 0 Å². The monoisotopic (exact) mass is 331 g/mol. The minimum atomic E-state index is -0.563. The van der Waals surface area contributed by atoms with E-state index in [9.17, 15) is 4.79 Å². The van der Waals surface area contributed by atoms with Gasteiger partial charge in [0.05, 0.1) is 13.7 Å². The van der Waals surface area contributed by atoms with E-state index in [1.165, 1.54) is 0 Å². The molecule has 4 nitrogen and oxygen atoms in total. The lowest BCUT2D eigenvalue weighted by Gasteiger charge is -2.26. The van der Waals surface area contributed by atoms with Crippen LogP contribution in [0.3, 0.4) is 0 Å². The van der Waals surface area contributed by atoms with Crippen molar-refractivity contribution in [2.45, 2.75) is 19.2 Å². The number of benzene rings is 2. The van der Waals surface area contributed by atoms with Crippen LogP contribution in [-0.4, -0.2) is 29.9 Å². The van der Waals surface area contributed by atoms with Gasteiger partial charge in [0.1, 0.15) is 12.6 Å². The Morgan fingerprint density at radius 3 is 2.13 bits per heavy atom. The fourth-order valence-electron chi connectivity index (χ4n) is 2.17. The average molecular weight is 331 g/mol. The lowest BCUT2D eigenvalue weighted by atomic mass is 10.2. The van der Waals surface area contributed by atoms with Gasteiger partial charge in [-0.2, -0.15) is 17.7 Å². The van der Waals surface area contributed by atoms with Gasteiger partial charge in [-0.05, 0) is 11.1 Å². The van der Waals surface area contributed by atoms with Crippen LogP contribution in [0.5, 0.6) is 0 Å². The molecule has 0 saturated heterocycles. The SMILES string of the molecule is CON(Cc1ccccc1)[C@@H](CS)C(=O)OCc1ccccc1. The van der Waals surface area contributed by atoms with E-state index < -0.39 is 6.04 Å². The topological polar surface area (TPSA) is 38.8 Å². The van der Waals surface area contributed by atoms with Crippen LogP contribution < -0.4 is 0 Å². The van der Waals surface area contributed by atoms with E-state index in [0.29, 0.717) is 12.3 Å². The lowest BCUT2D eigenvalue weighted by Crippen LogP contribution is -2.42. The highest BCUT2D eigenvalue weighted by Gasteiger charge is 2.26. The van der Waals surface area contributed by atoms with Gasteiger partial charge in [0.15, 0.2) is 0 Å². The Labute approximate surface area is 142 Å². The summed E-state index contributed by atoms with van der Waals surface area (Å²) in [5.74, 6) is -0.0319. The van der Waals surface area contributed by atoms with Crippen molar-refractivity contribution >= 4 is 18.6 Å². The number of hydrogen-bond acceptors (Lipinski definition) is 5. The van der Waals surface area contributed by atoms with Gasteiger partial charge in [-0.15, -0.1) is 0 Å². The fraction of sp³-hybridized carbons (Fsp3) is 0.278. The van der Waals surface area contributed by atoms with Crippen molar-refractivity contribution in [3.8, 4) is 0 Å². The predicted octanol–water partition coefficient (Wildman–Crippen LogP) is 3.09. The number of rotatable bonds is 8. The summed E-state index contributed by atoms with van der Waals surface area (Å²) < 4.78 is 5.39. The molecule has 0 aliphatic carbocycles. The second-order valence-electron chi connectivity index (χ2n) is 5.04. The predicted molar refractivity (Wildman–Crippen MR) is 92.9 cm³/mol. The van der Waals surface area contributed by atoms with Crippen LogP contribution in [0.4, 0.5) is 0 Å².